The van der Waals surface area contributed by atoms with Gasteiger partial charge in [0.1, 0.15) is 22.8 Å². The molecule has 0 aliphatic rings. The third-order valence-electron chi connectivity index (χ3n) is 5.21. The van der Waals surface area contributed by atoms with E-state index in [9.17, 15) is 9.59 Å². The fourth-order valence-corrected chi connectivity index (χ4v) is 3.64. The molecular weight excluding hydrogens is 438 g/mol. The van der Waals surface area contributed by atoms with Crippen molar-refractivity contribution in [3.63, 3.8) is 0 Å². The van der Waals surface area contributed by atoms with E-state index >= 15 is 0 Å². The van der Waals surface area contributed by atoms with Gasteiger partial charge in [-0.2, -0.15) is 0 Å². The van der Waals surface area contributed by atoms with Crippen molar-refractivity contribution in [2.75, 3.05) is 19.5 Å². The Labute approximate surface area is 196 Å². The number of hydrogen-bond acceptors (Lipinski definition) is 7. The second kappa shape index (κ2) is 9.30. The van der Waals surface area contributed by atoms with Gasteiger partial charge in [0.05, 0.1) is 26.0 Å². The van der Waals surface area contributed by atoms with Gasteiger partial charge in [-0.3, -0.25) is 9.59 Å². The lowest BCUT2D eigenvalue weighted by Crippen LogP contribution is -2.49. The van der Waals surface area contributed by atoms with Crippen LogP contribution in [0.3, 0.4) is 0 Å². The smallest absolute Gasteiger partial charge is 0.313 e. The number of methoxy groups -OCH3 is 2. The first-order valence-electron chi connectivity index (χ1n) is 10.5. The van der Waals surface area contributed by atoms with Gasteiger partial charge < -0.3 is 28.9 Å². The summed E-state index contributed by atoms with van der Waals surface area (Å²) in [5, 5.41) is 6.26. The molecule has 0 aliphatic heterocycles. The second-order valence-electron chi connectivity index (χ2n) is 8.37. The summed E-state index contributed by atoms with van der Waals surface area (Å²) in [5.41, 5.74) is 1.06. The number of carbonyl (C=O) groups is 2. The first-order valence-corrected chi connectivity index (χ1v) is 10.5. The van der Waals surface area contributed by atoms with Crippen LogP contribution in [-0.2, 0) is 16.0 Å². The standard InChI is InChI=1S/C25H25N3O6/c1-25(2,12-18-10-15-9-17(31-3)6-8-20(15)34-18)28-24(30)23(29)27-16-5-7-19(21(11-16)32-4)22-13-26-14-33-22/h5-11,13-14H,12H2,1-4H3,(H,27,29)(H,28,30). The SMILES string of the molecule is COc1ccc2oc(CC(C)(C)NC(=O)C(=O)Nc3ccc(-c4cnco4)c(OC)c3)cc2c1. The maximum Gasteiger partial charge on any atom is 0.313 e. The third kappa shape index (κ3) is 5.03. The zero-order valence-electron chi connectivity index (χ0n) is 19.3. The number of nitrogens with zero attached hydrogens (tertiary/aromatic N) is 1. The highest BCUT2D eigenvalue weighted by Crippen LogP contribution is 2.32. The Bertz CT molecular complexity index is 1320. The van der Waals surface area contributed by atoms with Crippen LogP contribution in [0.2, 0.25) is 0 Å². The Balaban J connectivity index is 1.41. The highest BCUT2D eigenvalue weighted by Gasteiger charge is 2.26. The molecule has 0 radical (unpaired) electrons. The van der Waals surface area contributed by atoms with Crippen LogP contribution in [0.1, 0.15) is 19.6 Å². The van der Waals surface area contributed by atoms with Gasteiger partial charge in [0, 0.05) is 29.1 Å². The Morgan fingerprint density at radius 2 is 1.85 bits per heavy atom. The van der Waals surface area contributed by atoms with E-state index in [-0.39, 0.29) is 0 Å². The minimum Gasteiger partial charge on any atom is -0.497 e. The molecule has 4 rings (SSSR count). The van der Waals surface area contributed by atoms with Crippen molar-refractivity contribution in [1.82, 2.24) is 10.3 Å². The summed E-state index contributed by atoms with van der Waals surface area (Å²) >= 11 is 0. The number of hydrogen-bond donors (Lipinski definition) is 2. The summed E-state index contributed by atoms with van der Waals surface area (Å²) in [6, 6.07) is 12.4. The van der Waals surface area contributed by atoms with Crippen molar-refractivity contribution in [2.45, 2.75) is 25.8 Å². The molecule has 176 valence electrons. The maximum absolute atomic E-state index is 12.6. The van der Waals surface area contributed by atoms with E-state index in [0.29, 0.717) is 34.9 Å². The van der Waals surface area contributed by atoms with E-state index < -0.39 is 17.4 Å². The van der Waals surface area contributed by atoms with E-state index in [2.05, 4.69) is 15.6 Å². The van der Waals surface area contributed by atoms with Gasteiger partial charge in [-0.05, 0) is 50.2 Å². The molecule has 0 unspecified atom stereocenters. The summed E-state index contributed by atoms with van der Waals surface area (Å²) in [5.74, 6) is 0.851. The van der Waals surface area contributed by atoms with Gasteiger partial charge >= 0.3 is 11.8 Å². The van der Waals surface area contributed by atoms with Gasteiger partial charge in [0.15, 0.2) is 12.2 Å². The van der Waals surface area contributed by atoms with Crippen LogP contribution < -0.4 is 20.1 Å². The van der Waals surface area contributed by atoms with Gasteiger partial charge in [-0.25, -0.2) is 4.98 Å². The molecule has 2 aromatic heterocycles. The molecule has 0 aliphatic carbocycles. The van der Waals surface area contributed by atoms with Gasteiger partial charge in [0.2, 0.25) is 0 Å². The first kappa shape index (κ1) is 22.9. The van der Waals surface area contributed by atoms with Crippen molar-refractivity contribution in [3.8, 4) is 22.8 Å². The number of carbonyl (C=O) groups excluding carboxylic acids is 2. The lowest BCUT2D eigenvalue weighted by Gasteiger charge is -2.24. The van der Waals surface area contributed by atoms with Crippen molar-refractivity contribution in [3.05, 3.63) is 60.8 Å². The molecule has 0 saturated heterocycles. The molecular formula is C25H25N3O6. The Kier molecular flexibility index (Phi) is 6.27. The predicted molar refractivity (Wildman–Crippen MR) is 126 cm³/mol. The quantitative estimate of drug-likeness (QED) is 0.395. The molecule has 0 atom stereocenters. The number of anilines is 1. The molecule has 2 N–H and O–H groups in total. The molecule has 2 amide bonds. The molecule has 2 heterocycles. The van der Waals surface area contributed by atoms with E-state index in [4.69, 9.17) is 18.3 Å². The fraction of sp³-hybridized carbons (Fsp3) is 0.240. The molecule has 0 bridgehead atoms. The molecule has 2 aromatic carbocycles. The largest absolute Gasteiger partial charge is 0.497 e. The number of aromatic nitrogens is 1. The molecule has 0 spiro atoms. The van der Waals surface area contributed by atoms with E-state index in [0.717, 1.165) is 16.7 Å². The number of amides is 2. The number of benzene rings is 2. The topological polar surface area (TPSA) is 116 Å². The molecule has 4 aromatic rings. The Morgan fingerprint density at radius 3 is 2.56 bits per heavy atom. The van der Waals surface area contributed by atoms with Crippen LogP contribution in [-0.4, -0.2) is 36.6 Å². The van der Waals surface area contributed by atoms with Crippen LogP contribution in [0.15, 0.2) is 63.9 Å². The summed E-state index contributed by atoms with van der Waals surface area (Å²) in [6.45, 7) is 3.64. The van der Waals surface area contributed by atoms with Gasteiger partial charge in [-0.15, -0.1) is 0 Å². The number of oxazole rings is 1. The van der Waals surface area contributed by atoms with Crippen LogP contribution >= 0.6 is 0 Å². The highest BCUT2D eigenvalue weighted by molar-refractivity contribution is 6.39. The fourth-order valence-electron chi connectivity index (χ4n) is 3.64. The van der Waals surface area contributed by atoms with Crippen LogP contribution in [0, 0.1) is 0 Å². The van der Waals surface area contributed by atoms with Gasteiger partial charge in [-0.1, -0.05) is 0 Å². The number of rotatable bonds is 7. The maximum atomic E-state index is 12.6. The van der Waals surface area contributed by atoms with E-state index in [1.54, 1.807) is 31.5 Å². The highest BCUT2D eigenvalue weighted by atomic mass is 16.5. The number of nitrogens with one attached hydrogen (secondary N) is 2. The Morgan fingerprint density at radius 1 is 1.03 bits per heavy atom. The van der Waals surface area contributed by atoms with Gasteiger partial charge in [0.25, 0.3) is 0 Å². The lowest BCUT2D eigenvalue weighted by atomic mass is 9.98. The zero-order chi connectivity index (χ0) is 24.3. The van der Waals surface area contributed by atoms with Crippen molar-refractivity contribution >= 4 is 28.5 Å². The van der Waals surface area contributed by atoms with E-state index in [1.165, 1.54) is 13.5 Å². The predicted octanol–water partition coefficient (Wildman–Crippen LogP) is 4.18. The molecule has 0 fully saturated rings. The number of furan rings is 1. The minimum atomic E-state index is -0.795. The summed E-state index contributed by atoms with van der Waals surface area (Å²) in [6.07, 6.45) is 3.27. The minimum absolute atomic E-state index is 0.392. The van der Waals surface area contributed by atoms with E-state index in [1.807, 2.05) is 38.1 Å². The monoisotopic (exact) mass is 463 g/mol. The summed E-state index contributed by atoms with van der Waals surface area (Å²) in [4.78, 5) is 29.0. The van der Waals surface area contributed by atoms with Crippen LogP contribution in [0.5, 0.6) is 11.5 Å². The molecule has 34 heavy (non-hydrogen) atoms. The normalized spacial score (nSPS) is 11.3. The Hall–Kier alpha value is -4.27. The second-order valence-corrected chi connectivity index (χ2v) is 8.37. The summed E-state index contributed by atoms with van der Waals surface area (Å²) in [7, 11) is 3.11. The van der Waals surface area contributed by atoms with Crippen molar-refractivity contribution in [2.24, 2.45) is 0 Å². The van der Waals surface area contributed by atoms with Crippen molar-refractivity contribution in [1.29, 1.82) is 0 Å². The summed E-state index contributed by atoms with van der Waals surface area (Å²) < 4.78 is 21.8. The average Bonchev–Trinajstić information content (AvgIpc) is 3.47. The molecule has 9 heteroatoms. The first-order chi connectivity index (χ1) is 16.3. The molecule has 0 saturated carbocycles. The average molecular weight is 463 g/mol. The third-order valence-corrected chi connectivity index (χ3v) is 5.21. The number of ether oxygens (including phenoxy) is 2. The van der Waals surface area contributed by atoms with Crippen LogP contribution in [0.25, 0.3) is 22.3 Å². The zero-order valence-corrected chi connectivity index (χ0v) is 19.3. The lowest BCUT2D eigenvalue weighted by molar-refractivity contribution is -0.137. The molecule has 9 nitrogen and oxygen atoms in total. The number of fused-ring (bicyclic) bond motifs is 1. The van der Waals surface area contributed by atoms with Crippen molar-refractivity contribution < 1.29 is 27.9 Å². The van der Waals surface area contributed by atoms with Crippen LogP contribution in [0.4, 0.5) is 5.69 Å².